The van der Waals surface area contributed by atoms with Gasteiger partial charge in [-0.3, -0.25) is 4.79 Å². The van der Waals surface area contributed by atoms with E-state index in [2.05, 4.69) is 23.0 Å². The van der Waals surface area contributed by atoms with Gasteiger partial charge in [0, 0.05) is 15.8 Å². The average Bonchev–Trinajstić information content (AvgIpc) is 2.96. The van der Waals surface area contributed by atoms with Gasteiger partial charge in [0.15, 0.2) is 5.78 Å². The molecule has 6 heteroatoms. The number of fused-ring (bicyclic) bond motifs is 1. The number of ketones is 1. The summed E-state index contributed by atoms with van der Waals surface area (Å²) in [7, 11) is 0. The van der Waals surface area contributed by atoms with Crippen molar-refractivity contribution in [2.75, 3.05) is 5.75 Å². The van der Waals surface area contributed by atoms with Gasteiger partial charge >= 0.3 is 0 Å². The van der Waals surface area contributed by atoms with Gasteiger partial charge in [0.1, 0.15) is 22.0 Å². The number of hydrogen-bond acceptors (Lipinski definition) is 5. The van der Waals surface area contributed by atoms with E-state index >= 15 is 0 Å². The van der Waals surface area contributed by atoms with E-state index in [9.17, 15) is 9.18 Å². The lowest BCUT2D eigenvalue weighted by atomic mass is 10.1. The molecule has 0 aliphatic carbocycles. The summed E-state index contributed by atoms with van der Waals surface area (Å²) in [4.78, 5) is 22.9. The number of hydrogen-bond donors (Lipinski definition) is 0. The van der Waals surface area contributed by atoms with Gasteiger partial charge in [-0.05, 0) is 24.6 Å². The SMILES string of the molecule is CCc1cc2c(SCC(=O)c3cccc(F)c3)ncnc2s1. The lowest BCUT2D eigenvalue weighted by Crippen LogP contribution is -2.03. The summed E-state index contributed by atoms with van der Waals surface area (Å²) in [5, 5.41) is 1.78. The number of aromatic nitrogens is 2. The average molecular weight is 332 g/mol. The van der Waals surface area contributed by atoms with Crippen LogP contribution < -0.4 is 0 Å². The first-order chi connectivity index (χ1) is 10.7. The van der Waals surface area contributed by atoms with E-state index in [0.717, 1.165) is 21.7 Å². The zero-order chi connectivity index (χ0) is 15.5. The summed E-state index contributed by atoms with van der Waals surface area (Å²) in [5.41, 5.74) is 0.386. The van der Waals surface area contributed by atoms with Gasteiger partial charge in [-0.1, -0.05) is 30.8 Å². The lowest BCUT2D eigenvalue weighted by molar-refractivity contribution is 0.102. The molecule has 2 aromatic heterocycles. The van der Waals surface area contributed by atoms with Gasteiger partial charge in [0.05, 0.1) is 5.75 Å². The maximum Gasteiger partial charge on any atom is 0.173 e. The number of aryl methyl sites for hydroxylation is 1. The number of carbonyl (C=O) groups excluding carboxylic acids is 1. The van der Waals surface area contributed by atoms with E-state index in [1.807, 2.05) is 0 Å². The molecular formula is C16H13FN2OS2. The molecule has 3 nitrogen and oxygen atoms in total. The number of benzene rings is 1. The standard InChI is InChI=1S/C16H13FN2OS2/c1-2-12-7-13-15(18-9-19-16(13)22-12)21-8-14(20)10-4-3-5-11(17)6-10/h3-7,9H,2,8H2,1H3. The normalized spacial score (nSPS) is 11.0. The van der Waals surface area contributed by atoms with Crippen molar-refractivity contribution in [1.29, 1.82) is 0 Å². The quantitative estimate of drug-likeness (QED) is 0.395. The maximum absolute atomic E-state index is 13.2. The van der Waals surface area contributed by atoms with Gasteiger partial charge in [-0.2, -0.15) is 0 Å². The Labute approximate surface area is 135 Å². The van der Waals surface area contributed by atoms with Crippen LogP contribution in [0.25, 0.3) is 10.2 Å². The van der Waals surface area contributed by atoms with Gasteiger partial charge < -0.3 is 0 Å². The smallest absolute Gasteiger partial charge is 0.173 e. The first-order valence-corrected chi connectivity index (χ1v) is 8.62. The van der Waals surface area contributed by atoms with Crippen LogP contribution in [0.15, 0.2) is 41.7 Å². The molecule has 0 aliphatic rings. The van der Waals surface area contributed by atoms with E-state index in [-0.39, 0.29) is 11.5 Å². The van der Waals surface area contributed by atoms with E-state index in [1.165, 1.54) is 35.1 Å². The molecule has 22 heavy (non-hydrogen) atoms. The molecule has 0 radical (unpaired) electrons. The number of rotatable bonds is 5. The number of thioether (sulfide) groups is 1. The topological polar surface area (TPSA) is 42.9 Å². The summed E-state index contributed by atoms with van der Waals surface area (Å²) in [6, 6.07) is 7.84. The summed E-state index contributed by atoms with van der Waals surface area (Å²) in [6.07, 6.45) is 2.47. The second-order valence-corrected chi connectivity index (χ2v) is 6.77. The van der Waals surface area contributed by atoms with Crippen molar-refractivity contribution < 1.29 is 9.18 Å². The highest BCUT2D eigenvalue weighted by Gasteiger charge is 2.12. The minimum atomic E-state index is -0.398. The fourth-order valence-corrected chi connectivity index (χ4v) is 3.92. The summed E-state index contributed by atoms with van der Waals surface area (Å²) in [5.74, 6) is -0.278. The van der Waals surface area contributed by atoms with Crippen LogP contribution in [0.2, 0.25) is 0 Å². The molecule has 3 aromatic rings. The second kappa shape index (κ2) is 6.54. The number of nitrogens with zero attached hydrogens (tertiary/aromatic N) is 2. The summed E-state index contributed by atoms with van der Waals surface area (Å²) < 4.78 is 13.2. The fourth-order valence-electron chi connectivity index (χ4n) is 2.05. The van der Waals surface area contributed by atoms with Crippen molar-refractivity contribution in [3.05, 3.63) is 52.9 Å². The van der Waals surface area contributed by atoms with E-state index in [0.29, 0.717) is 5.56 Å². The predicted octanol–water partition coefficient (Wildman–Crippen LogP) is 4.37. The van der Waals surface area contributed by atoms with Crippen molar-refractivity contribution in [1.82, 2.24) is 9.97 Å². The van der Waals surface area contributed by atoms with Crippen molar-refractivity contribution >= 4 is 39.1 Å². The summed E-state index contributed by atoms with van der Waals surface area (Å²) in [6.45, 7) is 2.10. The Morgan fingerprint density at radius 2 is 2.18 bits per heavy atom. The van der Waals surface area contributed by atoms with Crippen molar-refractivity contribution in [2.45, 2.75) is 18.4 Å². The molecule has 2 heterocycles. The highest BCUT2D eigenvalue weighted by atomic mass is 32.2. The molecule has 0 aliphatic heterocycles. The number of thiophene rings is 1. The number of halogens is 1. The molecule has 0 saturated heterocycles. The van der Waals surface area contributed by atoms with Gasteiger partial charge in [0.2, 0.25) is 0 Å². The van der Waals surface area contributed by atoms with E-state index in [1.54, 1.807) is 23.5 Å². The Kier molecular flexibility index (Phi) is 4.49. The first kappa shape index (κ1) is 15.1. The third-order valence-electron chi connectivity index (χ3n) is 3.18. The Bertz CT molecular complexity index is 832. The molecule has 0 bridgehead atoms. The zero-order valence-corrected chi connectivity index (χ0v) is 13.5. The largest absolute Gasteiger partial charge is 0.293 e. The Hall–Kier alpha value is -1.79. The minimum absolute atomic E-state index is 0.109. The van der Waals surface area contributed by atoms with E-state index < -0.39 is 5.82 Å². The van der Waals surface area contributed by atoms with Crippen LogP contribution in [-0.2, 0) is 6.42 Å². The molecule has 1 aromatic carbocycles. The molecule has 3 rings (SSSR count). The molecule has 0 unspecified atom stereocenters. The van der Waals surface area contributed by atoms with E-state index in [4.69, 9.17) is 0 Å². The predicted molar refractivity (Wildman–Crippen MR) is 88.2 cm³/mol. The van der Waals surface area contributed by atoms with Crippen molar-refractivity contribution in [2.24, 2.45) is 0 Å². The lowest BCUT2D eigenvalue weighted by Gasteiger charge is -2.02. The van der Waals surface area contributed by atoms with Gasteiger partial charge in [0.25, 0.3) is 0 Å². The summed E-state index contributed by atoms with van der Waals surface area (Å²) >= 11 is 3.01. The van der Waals surface area contributed by atoms with Crippen LogP contribution in [0, 0.1) is 5.82 Å². The molecule has 0 atom stereocenters. The molecule has 0 saturated carbocycles. The minimum Gasteiger partial charge on any atom is -0.293 e. The fraction of sp³-hybridized carbons (Fsp3) is 0.188. The highest BCUT2D eigenvalue weighted by molar-refractivity contribution is 8.00. The number of carbonyl (C=O) groups is 1. The van der Waals surface area contributed by atoms with Crippen LogP contribution >= 0.6 is 23.1 Å². The zero-order valence-electron chi connectivity index (χ0n) is 11.9. The molecule has 0 spiro atoms. The monoisotopic (exact) mass is 332 g/mol. The first-order valence-electron chi connectivity index (χ1n) is 6.82. The third kappa shape index (κ3) is 3.18. The molecule has 0 fully saturated rings. The third-order valence-corrected chi connectivity index (χ3v) is 5.37. The molecular weight excluding hydrogens is 319 g/mol. The number of Topliss-reactive ketones (excluding diaryl/α,β-unsaturated/α-hetero) is 1. The van der Waals surface area contributed by atoms with Gasteiger partial charge in [-0.15, -0.1) is 11.3 Å². The van der Waals surface area contributed by atoms with Gasteiger partial charge in [-0.25, -0.2) is 14.4 Å². The Morgan fingerprint density at radius 1 is 1.32 bits per heavy atom. The van der Waals surface area contributed by atoms with Crippen LogP contribution in [-0.4, -0.2) is 21.5 Å². The molecule has 0 N–H and O–H groups in total. The molecule has 0 amide bonds. The Morgan fingerprint density at radius 3 is 2.95 bits per heavy atom. The van der Waals surface area contributed by atoms with Crippen molar-refractivity contribution in [3.63, 3.8) is 0 Å². The maximum atomic E-state index is 13.2. The second-order valence-electron chi connectivity index (χ2n) is 4.69. The van der Waals surface area contributed by atoms with Crippen molar-refractivity contribution in [3.8, 4) is 0 Å². The Balaban J connectivity index is 1.79. The van der Waals surface area contributed by atoms with Crippen LogP contribution in [0.3, 0.4) is 0 Å². The molecule has 112 valence electrons. The van der Waals surface area contributed by atoms with Crippen LogP contribution in [0.5, 0.6) is 0 Å². The highest BCUT2D eigenvalue weighted by Crippen LogP contribution is 2.31. The van der Waals surface area contributed by atoms with Crippen LogP contribution in [0.4, 0.5) is 4.39 Å². The van der Waals surface area contributed by atoms with Crippen LogP contribution in [0.1, 0.15) is 22.2 Å².